The van der Waals surface area contributed by atoms with Gasteiger partial charge < -0.3 is 5.32 Å². The molecule has 0 radical (unpaired) electrons. The van der Waals surface area contributed by atoms with E-state index in [2.05, 4.69) is 28.2 Å². The average molecular weight is 248 g/mol. The molecule has 1 aliphatic carbocycles. The lowest BCUT2D eigenvalue weighted by molar-refractivity contribution is -0.121. The minimum absolute atomic E-state index is 0.0728. The van der Waals surface area contributed by atoms with Crippen LogP contribution < -0.4 is 5.32 Å². The molecule has 3 heteroatoms. The molecule has 1 fully saturated rings. The molecule has 0 aromatic rings. The van der Waals surface area contributed by atoms with Crippen molar-refractivity contribution in [1.29, 1.82) is 0 Å². The highest BCUT2D eigenvalue weighted by molar-refractivity contribution is 9.10. The van der Waals surface area contributed by atoms with Crippen molar-refractivity contribution in [2.24, 2.45) is 5.92 Å². The summed E-state index contributed by atoms with van der Waals surface area (Å²) in [5.41, 5.74) is 0. The van der Waals surface area contributed by atoms with Crippen molar-refractivity contribution < 1.29 is 4.79 Å². The van der Waals surface area contributed by atoms with Gasteiger partial charge in [-0.1, -0.05) is 28.8 Å². The van der Waals surface area contributed by atoms with Gasteiger partial charge in [0.2, 0.25) is 5.91 Å². The Labute approximate surface area is 88.6 Å². The number of nitrogens with one attached hydrogen (secondary N) is 1. The maximum Gasteiger partial charge on any atom is 0.233 e. The summed E-state index contributed by atoms with van der Waals surface area (Å²) >= 11 is 3.26. The summed E-state index contributed by atoms with van der Waals surface area (Å²) in [6.07, 6.45) is 5.21. The number of alkyl halides is 1. The lowest BCUT2D eigenvalue weighted by Crippen LogP contribution is -2.40. The first-order valence-corrected chi connectivity index (χ1v) is 5.97. The van der Waals surface area contributed by atoms with Crippen LogP contribution in [0.15, 0.2) is 0 Å². The van der Waals surface area contributed by atoms with E-state index in [1.54, 1.807) is 0 Å². The molecule has 0 heterocycles. The fourth-order valence-corrected chi connectivity index (χ4v) is 2.05. The van der Waals surface area contributed by atoms with Gasteiger partial charge in [-0.15, -0.1) is 0 Å². The van der Waals surface area contributed by atoms with E-state index in [0.717, 1.165) is 0 Å². The number of halogens is 1. The van der Waals surface area contributed by atoms with E-state index in [1.807, 2.05) is 6.92 Å². The Bertz CT molecular complexity index is 176. The highest BCUT2D eigenvalue weighted by Gasteiger charge is 2.23. The third kappa shape index (κ3) is 3.29. The van der Waals surface area contributed by atoms with Crippen molar-refractivity contribution in [2.75, 3.05) is 0 Å². The Hall–Kier alpha value is -0.0500. The van der Waals surface area contributed by atoms with Crippen molar-refractivity contribution in [3.05, 3.63) is 0 Å². The molecule has 2 nitrogen and oxygen atoms in total. The van der Waals surface area contributed by atoms with Gasteiger partial charge in [-0.05, 0) is 32.6 Å². The van der Waals surface area contributed by atoms with Crippen LogP contribution in [-0.4, -0.2) is 16.8 Å². The van der Waals surface area contributed by atoms with Crippen LogP contribution >= 0.6 is 15.9 Å². The van der Waals surface area contributed by atoms with Crippen LogP contribution in [-0.2, 0) is 4.79 Å². The maximum atomic E-state index is 11.4. The normalized spacial score (nSPS) is 22.7. The van der Waals surface area contributed by atoms with Crippen LogP contribution in [0.2, 0.25) is 0 Å². The van der Waals surface area contributed by atoms with Crippen molar-refractivity contribution in [3.63, 3.8) is 0 Å². The number of carbonyl (C=O) groups excluding carboxylic acids is 1. The minimum atomic E-state index is -0.0728. The number of rotatable bonds is 3. The maximum absolute atomic E-state index is 11.4. The summed E-state index contributed by atoms with van der Waals surface area (Å²) in [6, 6.07) is 0.343. The second kappa shape index (κ2) is 4.99. The molecular formula is C10H18BrNO. The fraction of sp³-hybridized carbons (Fsp3) is 0.900. The van der Waals surface area contributed by atoms with Gasteiger partial charge in [-0.3, -0.25) is 4.79 Å². The Morgan fingerprint density at radius 3 is 2.38 bits per heavy atom. The first-order valence-electron chi connectivity index (χ1n) is 5.05. The summed E-state index contributed by atoms with van der Waals surface area (Å²) in [6.45, 7) is 3.97. The molecular weight excluding hydrogens is 230 g/mol. The second-order valence-electron chi connectivity index (χ2n) is 3.96. The second-order valence-corrected chi connectivity index (χ2v) is 5.33. The summed E-state index contributed by atoms with van der Waals surface area (Å²) < 4.78 is 0. The predicted molar refractivity (Wildman–Crippen MR) is 58.0 cm³/mol. The first kappa shape index (κ1) is 11.0. The van der Waals surface area contributed by atoms with Crippen LogP contribution in [0.4, 0.5) is 0 Å². The van der Waals surface area contributed by atoms with Crippen LogP contribution in [0.25, 0.3) is 0 Å². The Morgan fingerprint density at radius 2 is 1.92 bits per heavy atom. The molecule has 1 aliphatic rings. The van der Waals surface area contributed by atoms with Gasteiger partial charge >= 0.3 is 0 Å². The van der Waals surface area contributed by atoms with Crippen molar-refractivity contribution in [2.45, 2.75) is 50.4 Å². The van der Waals surface area contributed by atoms with Gasteiger partial charge in [-0.25, -0.2) is 0 Å². The Balaban J connectivity index is 2.31. The Morgan fingerprint density at radius 1 is 1.38 bits per heavy atom. The van der Waals surface area contributed by atoms with Gasteiger partial charge in [0.05, 0.1) is 4.83 Å². The molecule has 2 atom stereocenters. The van der Waals surface area contributed by atoms with Gasteiger partial charge in [0.1, 0.15) is 0 Å². The van der Waals surface area contributed by atoms with Crippen molar-refractivity contribution in [3.8, 4) is 0 Å². The summed E-state index contributed by atoms with van der Waals surface area (Å²) in [5, 5.41) is 3.04. The molecule has 13 heavy (non-hydrogen) atoms. The van der Waals surface area contributed by atoms with Gasteiger partial charge in [0.15, 0.2) is 0 Å². The highest BCUT2D eigenvalue weighted by atomic mass is 79.9. The number of hydrogen-bond donors (Lipinski definition) is 1. The van der Waals surface area contributed by atoms with Crippen molar-refractivity contribution >= 4 is 21.8 Å². The van der Waals surface area contributed by atoms with E-state index >= 15 is 0 Å². The SMILES string of the molecule is CC(Br)C(=O)N[C@H](C)C1CCCC1. The number of hydrogen-bond acceptors (Lipinski definition) is 1. The van der Waals surface area contributed by atoms with Gasteiger partial charge in [0.25, 0.3) is 0 Å². The molecule has 1 rings (SSSR count). The topological polar surface area (TPSA) is 29.1 Å². The molecule has 0 aliphatic heterocycles. The smallest absolute Gasteiger partial charge is 0.233 e. The van der Waals surface area contributed by atoms with E-state index < -0.39 is 0 Å². The van der Waals surface area contributed by atoms with Crippen LogP contribution in [0, 0.1) is 5.92 Å². The zero-order valence-corrected chi connectivity index (χ0v) is 9.93. The van der Waals surface area contributed by atoms with E-state index in [9.17, 15) is 4.79 Å². The third-order valence-corrected chi connectivity index (χ3v) is 3.25. The average Bonchev–Trinajstić information content (AvgIpc) is 2.55. The fourth-order valence-electron chi connectivity index (χ4n) is 1.91. The van der Waals surface area contributed by atoms with Crippen LogP contribution in [0.3, 0.4) is 0 Å². The molecule has 1 amide bonds. The zero-order valence-electron chi connectivity index (χ0n) is 8.35. The monoisotopic (exact) mass is 247 g/mol. The molecule has 0 aromatic heterocycles. The molecule has 1 N–H and O–H groups in total. The zero-order chi connectivity index (χ0) is 9.84. The van der Waals surface area contributed by atoms with Crippen molar-refractivity contribution in [1.82, 2.24) is 5.32 Å². The first-order chi connectivity index (χ1) is 6.11. The predicted octanol–water partition coefficient (Wildman–Crippen LogP) is 2.46. The molecule has 0 saturated heterocycles. The molecule has 0 bridgehead atoms. The number of carbonyl (C=O) groups is 1. The van der Waals surface area contributed by atoms with Crippen LogP contribution in [0.1, 0.15) is 39.5 Å². The molecule has 0 aromatic carbocycles. The molecule has 76 valence electrons. The minimum Gasteiger partial charge on any atom is -0.352 e. The molecule has 0 spiro atoms. The number of amides is 1. The van der Waals surface area contributed by atoms with E-state index in [1.165, 1.54) is 25.7 Å². The Kier molecular flexibility index (Phi) is 4.23. The third-order valence-electron chi connectivity index (χ3n) is 2.84. The largest absolute Gasteiger partial charge is 0.352 e. The lowest BCUT2D eigenvalue weighted by Gasteiger charge is -2.20. The summed E-state index contributed by atoms with van der Waals surface area (Å²) in [5.74, 6) is 0.814. The molecule has 1 unspecified atom stereocenters. The van der Waals surface area contributed by atoms with Gasteiger partial charge in [-0.2, -0.15) is 0 Å². The lowest BCUT2D eigenvalue weighted by atomic mass is 10.00. The highest BCUT2D eigenvalue weighted by Crippen LogP contribution is 2.27. The standard InChI is InChI=1S/C10H18BrNO/c1-7(11)10(13)12-8(2)9-5-3-4-6-9/h7-9H,3-6H2,1-2H3,(H,12,13)/t7?,8-/m1/s1. The van der Waals surface area contributed by atoms with E-state index in [4.69, 9.17) is 0 Å². The van der Waals surface area contributed by atoms with E-state index in [-0.39, 0.29) is 10.7 Å². The summed E-state index contributed by atoms with van der Waals surface area (Å²) in [4.78, 5) is 11.3. The van der Waals surface area contributed by atoms with Crippen LogP contribution in [0.5, 0.6) is 0 Å². The van der Waals surface area contributed by atoms with E-state index in [0.29, 0.717) is 12.0 Å². The molecule has 1 saturated carbocycles. The van der Waals surface area contributed by atoms with Gasteiger partial charge in [0, 0.05) is 6.04 Å². The quantitative estimate of drug-likeness (QED) is 0.764. The summed E-state index contributed by atoms with van der Waals surface area (Å²) in [7, 11) is 0.